The summed E-state index contributed by atoms with van der Waals surface area (Å²) in [4.78, 5) is 20.1. The van der Waals surface area contributed by atoms with Crippen LogP contribution in [0.2, 0.25) is 5.15 Å². The average molecular weight is 394 g/mol. The van der Waals surface area contributed by atoms with Crippen molar-refractivity contribution in [3.63, 3.8) is 0 Å². The van der Waals surface area contributed by atoms with Crippen LogP contribution in [0.25, 0.3) is 0 Å². The molecule has 0 aliphatic heterocycles. The average Bonchev–Trinajstić information content (AvgIpc) is 2.57. The van der Waals surface area contributed by atoms with E-state index in [0.29, 0.717) is 17.4 Å². The van der Waals surface area contributed by atoms with E-state index in [9.17, 15) is 9.90 Å². The summed E-state index contributed by atoms with van der Waals surface area (Å²) in [6, 6.07) is 7.62. The van der Waals surface area contributed by atoms with Crippen LogP contribution < -0.4 is 5.32 Å². The molecule has 0 amide bonds. The number of halogens is 1. The molecule has 0 saturated carbocycles. The van der Waals surface area contributed by atoms with Crippen molar-refractivity contribution >= 4 is 40.8 Å². The lowest BCUT2D eigenvalue weighted by molar-refractivity contribution is -0.136. The van der Waals surface area contributed by atoms with E-state index in [4.69, 9.17) is 11.6 Å². The van der Waals surface area contributed by atoms with Gasteiger partial charge in [-0.25, -0.2) is 9.97 Å². The molecule has 0 aliphatic rings. The zero-order valence-electron chi connectivity index (χ0n) is 15.3. The van der Waals surface area contributed by atoms with E-state index in [1.807, 2.05) is 32.0 Å². The number of nitrogens with zero attached hydrogens (tertiary/aromatic N) is 2. The highest BCUT2D eigenvalue weighted by atomic mass is 35.5. The number of anilines is 2. The largest absolute Gasteiger partial charge is 0.480 e. The fourth-order valence-electron chi connectivity index (χ4n) is 2.48. The summed E-state index contributed by atoms with van der Waals surface area (Å²) in [7, 11) is 0. The Bertz CT molecular complexity index is 770. The van der Waals surface area contributed by atoms with Crippen LogP contribution in [0.3, 0.4) is 0 Å². The zero-order chi connectivity index (χ0) is 19.1. The quantitative estimate of drug-likeness (QED) is 0.249. The van der Waals surface area contributed by atoms with Crippen molar-refractivity contribution < 1.29 is 9.90 Å². The van der Waals surface area contributed by atoms with Gasteiger partial charge in [0, 0.05) is 11.8 Å². The summed E-state index contributed by atoms with van der Waals surface area (Å²) in [6.07, 6.45) is 3.52. The van der Waals surface area contributed by atoms with Gasteiger partial charge in [0.15, 0.2) is 5.16 Å². The number of aliphatic carboxylic acids is 1. The second-order valence-electron chi connectivity index (χ2n) is 6.17. The number of benzene rings is 1. The normalized spacial score (nSPS) is 12.0. The predicted octanol–water partition coefficient (Wildman–Crippen LogP) is 5.62. The molecule has 140 valence electrons. The molecule has 1 unspecified atom stereocenters. The van der Waals surface area contributed by atoms with Gasteiger partial charge in [-0.2, -0.15) is 0 Å². The monoisotopic (exact) mass is 393 g/mol. The maximum absolute atomic E-state index is 11.5. The first-order valence-electron chi connectivity index (χ1n) is 8.68. The van der Waals surface area contributed by atoms with Gasteiger partial charge in [0.1, 0.15) is 16.2 Å². The predicted molar refractivity (Wildman–Crippen MR) is 108 cm³/mol. The third-order valence-corrected chi connectivity index (χ3v) is 5.44. The lowest BCUT2D eigenvalue weighted by Gasteiger charge is -2.13. The lowest BCUT2D eigenvalue weighted by atomic mass is 10.1. The van der Waals surface area contributed by atoms with E-state index in [1.165, 1.54) is 5.56 Å². The van der Waals surface area contributed by atoms with E-state index in [2.05, 4.69) is 22.2 Å². The Hall–Kier alpha value is -1.79. The molecule has 2 aromatic rings. The minimum absolute atomic E-state index is 0.285. The summed E-state index contributed by atoms with van der Waals surface area (Å²) in [5, 5.41) is 12.8. The molecule has 26 heavy (non-hydrogen) atoms. The fourth-order valence-corrected chi connectivity index (χ4v) is 3.65. The van der Waals surface area contributed by atoms with Crippen LogP contribution in [0.1, 0.15) is 43.7 Å². The summed E-state index contributed by atoms with van der Waals surface area (Å²) < 4.78 is 0. The Morgan fingerprint density at radius 2 is 2.08 bits per heavy atom. The van der Waals surface area contributed by atoms with Gasteiger partial charge in [0.05, 0.1) is 0 Å². The number of carboxylic acid groups (broad SMARTS) is 1. The molecule has 1 heterocycles. The summed E-state index contributed by atoms with van der Waals surface area (Å²) >= 11 is 7.27. The van der Waals surface area contributed by atoms with Crippen LogP contribution in [0, 0.1) is 13.8 Å². The first kappa shape index (κ1) is 20.5. The molecule has 0 bridgehead atoms. The number of rotatable bonds is 9. The van der Waals surface area contributed by atoms with Gasteiger partial charge in [-0.3, -0.25) is 4.79 Å². The van der Waals surface area contributed by atoms with E-state index in [0.717, 1.165) is 42.3 Å². The maximum atomic E-state index is 11.5. The Morgan fingerprint density at radius 1 is 1.31 bits per heavy atom. The molecule has 1 aromatic heterocycles. The molecule has 0 radical (unpaired) electrons. The number of unbranched alkanes of at least 4 members (excludes halogenated alkanes) is 2. The topological polar surface area (TPSA) is 75.1 Å². The molecule has 0 saturated heterocycles. The second-order valence-corrected chi connectivity index (χ2v) is 7.73. The van der Waals surface area contributed by atoms with Crippen molar-refractivity contribution in [2.75, 3.05) is 5.32 Å². The summed E-state index contributed by atoms with van der Waals surface area (Å²) in [5.41, 5.74) is 3.24. The van der Waals surface area contributed by atoms with Gasteiger partial charge in [-0.15, -0.1) is 0 Å². The molecule has 1 atom stereocenters. The Balaban J connectivity index is 2.17. The Kier molecular flexibility index (Phi) is 7.72. The standard InChI is InChI=1S/C19H24ClN3O2S/c1-4-5-6-10-15(18(24)25)26-19-22-16(20)11-17(23-19)21-14-9-7-8-12(2)13(14)3/h7-9,11,15H,4-6,10H2,1-3H3,(H,24,25)(H,21,22,23). The number of carbonyl (C=O) groups is 1. The first-order valence-corrected chi connectivity index (χ1v) is 9.93. The van der Waals surface area contributed by atoms with Crippen molar-refractivity contribution in [3.05, 3.63) is 40.5 Å². The van der Waals surface area contributed by atoms with Gasteiger partial charge < -0.3 is 10.4 Å². The van der Waals surface area contributed by atoms with Gasteiger partial charge in [-0.1, -0.05) is 61.7 Å². The van der Waals surface area contributed by atoms with E-state index < -0.39 is 11.2 Å². The van der Waals surface area contributed by atoms with Crippen LogP contribution in [0.15, 0.2) is 29.4 Å². The molecule has 0 fully saturated rings. The number of hydrogen-bond donors (Lipinski definition) is 2. The van der Waals surface area contributed by atoms with Crippen LogP contribution in [0.5, 0.6) is 0 Å². The van der Waals surface area contributed by atoms with Gasteiger partial charge in [-0.05, 0) is 37.5 Å². The van der Waals surface area contributed by atoms with E-state index in [1.54, 1.807) is 6.07 Å². The molecule has 2 N–H and O–H groups in total. The molecular weight excluding hydrogens is 370 g/mol. The third kappa shape index (κ3) is 5.88. The second kappa shape index (κ2) is 9.78. The Labute approximate surface area is 163 Å². The number of nitrogens with one attached hydrogen (secondary N) is 1. The highest BCUT2D eigenvalue weighted by molar-refractivity contribution is 8.00. The van der Waals surface area contributed by atoms with Gasteiger partial charge in [0.2, 0.25) is 0 Å². The highest BCUT2D eigenvalue weighted by Crippen LogP contribution is 2.29. The number of thioether (sulfide) groups is 1. The maximum Gasteiger partial charge on any atom is 0.317 e. The van der Waals surface area contributed by atoms with Crippen molar-refractivity contribution in [1.29, 1.82) is 0 Å². The number of aryl methyl sites for hydroxylation is 1. The van der Waals surface area contributed by atoms with Crippen molar-refractivity contribution in [3.8, 4) is 0 Å². The Morgan fingerprint density at radius 3 is 2.77 bits per heavy atom. The molecule has 7 heteroatoms. The summed E-state index contributed by atoms with van der Waals surface area (Å²) in [6.45, 7) is 6.17. The molecule has 0 aliphatic carbocycles. The molecular formula is C19H24ClN3O2S. The van der Waals surface area contributed by atoms with E-state index >= 15 is 0 Å². The van der Waals surface area contributed by atoms with Gasteiger partial charge >= 0.3 is 5.97 Å². The SMILES string of the molecule is CCCCCC(Sc1nc(Cl)cc(Nc2cccc(C)c2C)n1)C(=O)O. The molecule has 1 aromatic carbocycles. The zero-order valence-corrected chi connectivity index (χ0v) is 16.8. The van der Waals surface area contributed by atoms with Crippen molar-refractivity contribution in [2.45, 2.75) is 56.9 Å². The lowest BCUT2D eigenvalue weighted by Crippen LogP contribution is -2.17. The fraction of sp³-hybridized carbons (Fsp3) is 0.421. The molecule has 2 rings (SSSR count). The first-order chi connectivity index (χ1) is 12.4. The van der Waals surface area contributed by atoms with Crippen LogP contribution >= 0.6 is 23.4 Å². The van der Waals surface area contributed by atoms with E-state index in [-0.39, 0.29) is 5.15 Å². The smallest absolute Gasteiger partial charge is 0.317 e. The third-order valence-electron chi connectivity index (χ3n) is 4.13. The number of carboxylic acids is 1. The minimum Gasteiger partial charge on any atom is -0.480 e. The number of hydrogen-bond acceptors (Lipinski definition) is 5. The van der Waals surface area contributed by atoms with Gasteiger partial charge in [0.25, 0.3) is 0 Å². The highest BCUT2D eigenvalue weighted by Gasteiger charge is 2.20. The van der Waals surface area contributed by atoms with Crippen molar-refractivity contribution in [2.24, 2.45) is 0 Å². The minimum atomic E-state index is -0.848. The molecule has 0 spiro atoms. The van der Waals surface area contributed by atoms with Crippen LogP contribution in [0.4, 0.5) is 11.5 Å². The van der Waals surface area contributed by atoms with Crippen molar-refractivity contribution in [1.82, 2.24) is 9.97 Å². The molecule has 5 nitrogen and oxygen atoms in total. The number of aromatic nitrogens is 2. The van der Waals surface area contributed by atoms with Crippen LogP contribution in [-0.4, -0.2) is 26.3 Å². The summed E-state index contributed by atoms with van der Waals surface area (Å²) in [5.74, 6) is -0.294. The van der Waals surface area contributed by atoms with Crippen LogP contribution in [-0.2, 0) is 4.79 Å².